The summed E-state index contributed by atoms with van der Waals surface area (Å²) < 4.78 is 0. The predicted molar refractivity (Wildman–Crippen MR) is 81.5 cm³/mol. The number of nitrogens with one attached hydrogen (secondary N) is 1. The van der Waals surface area contributed by atoms with Crippen LogP contribution in [0.5, 0.6) is 0 Å². The Hall–Kier alpha value is -1.02. The molecule has 1 aromatic rings. The number of anilines is 1. The Morgan fingerprint density at radius 1 is 0.895 bits per heavy atom. The van der Waals surface area contributed by atoms with Gasteiger partial charge < -0.3 is 11.1 Å². The van der Waals surface area contributed by atoms with Gasteiger partial charge in [0.1, 0.15) is 0 Å². The molecule has 0 aliphatic heterocycles. The average Bonchev–Trinajstić information content (AvgIpc) is 3.19. The third-order valence-electron chi connectivity index (χ3n) is 4.87. The van der Waals surface area contributed by atoms with Gasteiger partial charge in [-0.25, -0.2) is 0 Å². The van der Waals surface area contributed by atoms with Crippen molar-refractivity contribution in [3.8, 4) is 0 Å². The van der Waals surface area contributed by atoms with E-state index in [4.69, 9.17) is 5.73 Å². The Morgan fingerprint density at radius 3 is 2.05 bits per heavy atom. The van der Waals surface area contributed by atoms with E-state index in [0.29, 0.717) is 0 Å². The summed E-state index contributed by atoms with van der Waals surface area (Å²) in [6.07, 6.45) is 8.13. The maximum Gasteiger partial charge on any atom is 0.0346 e. The molecule has 0 bridgehead atoms. The fraction of sp³-hybridized carbons (Fsp3) is 0.647. The lowest BCUT2D eigenvalue weighted by Crippen LogP contribution is -2.34. The number of benzene rings is 1. The van der Waals surface area contributed by atoms with E-state index in [1.165, 1.54) is 55.2 Å². The van der Waals surface area contributed by atoms with Crippen molar-refractivity contribution in [3.05, 3.63) is 28.8 Å². The molecule has 2 aliphatic rings. The summed E-state index contributed by atoms with van der Waals surface area (Å²) >= 11 is 0. The highest BCUT2D eigenvalue weighted by molar-refractivity contribution is 5.52. The fourth-order valence-electron chi connectivity index (χ4n) is 3.46. The first-order chi connectivity index (χ1) is 9.13. The second-order valence-electron chi connectivity index (χ2n) is 6.55. The molecule has 2 fully saturated rings. The van der Waals surface area contributed by atoms with Crippen LogP contribution in [0.3, 0.4) is 0 Å². The van der Waals surface area contributed by atoms with Gasteiger partial charge in [0.25, 0.3) is 0 Å². The van der Waals surface area contributed by atoms with Crippen molar-refractivity contribution in [1.29, 1.82) is 0 Å². The van der Waals surface area contributed by atoms with E-state index in [1.54, 1.807) is 0 Å². The summed E-state index contributed by atoms with van der Waals surface area (Å²) in [5.41, 5.74) is 11.1. The normalized spacial score (nSPS) is 27.5. The van der Waals surface area contributed by atoms with Gasteiger partial charge in [0.15, 0.2) is 0 Å². The Bertz CT molecular complexity index is 455. The SMILES string of the molecule is Cc1cc([C@H]2CC[C@H](NC3CC3)CC2)c(C)cc1N. The Morgan fingerprint density at radius 2 is 1.47 bits per heavy atom. The van der Waals surface area contributed by atoms with Crippen LogP contribution >= 0.6 is 0 Å². The quantitative estimate of drug-likeness (QED) is 0.812. The van der Waals surface area contributed by atoms with Crippen LogP contribution in [0.4, 0.5) is 5.69 Å². The molecule has 0 atom stereocenters. The van der Waals surface area contributed by atoms with Gasteiger partial charge in [-0.1, -0.05) is 6.07 Å². The van der Waals surface area contributed by atoms with E-state index < -0.39 is 0 Å². The summed E-state index contributed by atoms with van der Waals surface area (Å²) in [5, 5.41) is 3.78. The third kappa shape index (κ3) is 2.94. The van der Waals surface area contributed by atoms with Gasteiger partial charge in [-0.05, 0) is 81.0 Å². The van der Waals surface area contributed by atoms with E-state index >= 15 is 0 Å². The monoisotopic (exact) mass is 258 g/mol. The molecular weight excluding hydrogens is 232 g/mol. The molecule has 0 amide bonds. The molecule has 0 heterocycles. The summed E-state index contributed by atoms with van der Waals surface area (Å²) in [5.74, 6) is 0.747. The molecule has 104 valence electrons. The van der Waals surface area contributed by atoms with Crippen LogP contribution in [0, 0.1) is 13.8 Å². The van der Waals surface area contributed by atoms with Gasteiger partial charge in [0.05, 0.1) is 0 Å². The van der Waals surface area contributed by atoms with Gasteiger partial charge in [-0.15, -0.1) is 0 Å². The molecule has 0 aromatic heterocycles. The molecule has 19 heavy (non-hydrogen) atoms. The predicted octanol–water partition coefficient (Wildman–Crippen LogP) is 3.66. The zero-order valence-corrected chi connectivity index (χ0v) is 12.2. The van der Waals surface area contributed by atoms with Crippen LogP contribution in [-0.2, 0) is 0 Å². The molecule has 2 saturated carbocycles. The summed E-state index contributed by atoms with van der Waals surface area (Å²) in [4.78, 5) is 0. The standard InChI is InChI=1S/C17H26N2/c1-11-10-17(18)12(2)9-16(11)13-3-5-14(6-4-13)19-15-7-8-15/h9-10,13-15,19H,3-8,18H2,1-2H3/t13-,14-. The Kier molecular flexibility index (Phi) is 3.53. The number of hydrogen-bond donors (Lipinski definition) is 2. The van der Waals surface area contributed by atoms with Crippen molar-refractivity contribution in [2.45, 2.75) is 70.4 Å². The van der Waals surface area contributed by atoms with E-state index in [9.17, 15) is 0 Å². The first-order valence-corrected chi connectivity index (χ1v) is 7.76. The largest absolute Gasteiger partial charge is 0.399 e. The van der Waals surface area contributed by atoms with Gasteiger partial charge in [-0.3, -0.25) is 0 Å². The number of rotatable bonds is 3. The zero-order chi connectivity index (χ0) is 13.4. The zero-order valence-electron chi connectivity index (χ0n) is 12.2. The van der Waals surface area contributed by atoms with Crippen molar-refractivity contribution in [2.24, 2.45) is 0 Å². The highest BCUT2D eigenvalue weighted by Crippen LogP contribution is 2.36. The number of nitrogen functional groups attached to an aromatic ring is 1. The fourth-order valence-corrected chi connectivity index (χ4v) is 3.46. The number of nitrogens with two attached hydrogens (primary N) is 1. The van der Waals surface area contributed by atoms with E-state index in [1.807, 2.05) is 0 Å². The molecule has 0 saturated heterocycles. The van der Waals surface area contributed by atoms with Crippen LogP contribution in [-0.4, -0.2) is 12.1 Å². The molecule has 0 spiro atoms. The Labute approximate surface area is 116 Å². The van der Waals surface area contributed by atoms with E-state index in [-0.39, 0.29) is 0 Å². The van der Waals surface area contributed by atoms with Crippen molar-refractivity contribution in [2.75, 3.05) is 5.73 Å². The van der Waals surface area contributed by atoms with E-state index in [2.05, 4.69) is 31.3 Å². The number of aryl methyl sites for hydroxylation is 2. The molecule has 2 heteroatoms. The molecular formula is C17H26N2. The van der Waals surface area contributed by atoms with Crippen LogP contribution in [0.1, 0.15) is 61.1 Å². The third-order valence-corrected chi connectivity index (χ3v) is 4.87. The van der Waals surface area contributed by atoms with Crippen LogP contribution in [0.25, 0.3) is 0 Å². The van der Waals surface area contributed by atoms with Gasteiger partial charge in [0, 0.05) is 17.8 Å². The van der Waals surface area contributed by atoms with Crippen LogP contribution in [0.2, 0.25) is 0 Å². The van der Waals surface area contributed by atoms with Crippen molar-refractivity contribution >= 4 is 5.69 Å². The second-order valence-corrected chi connectivity index (χ2v) is 6.55. The van der Waals surface area contributed by atoms with Crippen molar-refractivity contribution in [3.63, 3.8) is 0 Å². The van der Waals surface area contributed by atoms with Gasteiger partial charge in [0.2, 0.25) is 0 Å². The topological polar surface area (TPSA) is 38.0 Å². The summed E-state index contributed by atoms with van der Waals surface area (Å²) in [7, 11) is 0. The van der Waals surface area contributed by atoms with Crippen molar-refractivity contribution < 1.29 is 0 Å². The molecule has 2 nitrogen and oxygen atoms in total. The average molecular weight is 258 g/mol. The lowest BCUT2D eigenvalue weighted by molar-refractivity contribution is 0.340. The molecule has 0 radical (unpaired) electrons. The Balaban J connectivity index is 1.65. The number of hydrogen-bond acceptors (Lipinski definition) is 2. The maximum atomic E-state index is 5.99. The molecule has 2 aliphatic carbocycles. The summed E-state index contributed by atoms with van der Waals surface area (Å²) in [6, 6.07) is 6.10. The maximum absolute atomic E-state index is 5.99. The molecule has 3 N–H and O–H groups in total. The second kappa shape index (κ2) is 5.16. The first-order valence-electron chi connectivity index (χ1n) is 7.76. The highest BCUT2D eigenvalue weighted by atomic mass is 15.0. The summed E-state index contributed by atoms with van der Waals surface area (Å²) in [6.45, 7) is 4.33. The first kappa shape index (κ1) is 13.0. The van der Waals surface area contributed by atoms with Crippen LogP contribution in [0.15, 0.2) is 12.1 Å². The molecule has 0 unspecified atom stereocenters. The lowest BCUT2D eigenvalue weighted by atomic mass is 9.79. The minimum absolute atomic E-state index is 0.747. The minimum Gasteiger partial charge on any atom is -0.399 e. The smallest absolute Gasteiger partial charge is 0.0346 e. The lowest BCUT2D eigenvalue weighted by Gasteiger charge is -2.30. The van der Waals surface area contributed by atoms with Crippen LogP contribution < -0.4 is 11.1 Å². The highest BCUT2D eigenvalue weighted by Gasteiger charge is 2.28. The van der Waals surface area contributed by atoms with Crippen molar-refractivity contribution in [1.82, 2.24) is 5.32 Å². The van der Waals surface area contributed by atoms with E-state index in [0.717, 1.165) is 23.7 Å². The molecule has 1 aromatic carbocycles. The van der Waals surface area contributed by atoms with Gasteiger partial charge >= 0.3 is 0 Å². The van der Waals surface area contributed by atoms with Gasteiger partial charge in [-0.2, -0.15) is 0 Å². The minimum atomic E-state index is 0.747. The molecule has 3 rings (SSSR count).